The molecule has 1 atom stereocenters. The summed E-state index contributed by atoms with van der Waals surface area (Å²) in [7, 11) is 0. The van der Waals surface area contributed by atoms with Crippen LogP contribution in [0.1, 0.15) is 19.8 Å². The van der Waals surface area contributed by atoms with Crippen LogP contribution < -0.4 is 10.7 Å². The van der Waals surface area contributed by atoms with Crippen molar-refractivity contribution in [2.75, 3.05) is 5.32 Å². The van der Waals surface area contributed by atoms with Gasteiger partial charge in [0.1, 0.15) is 5.71 Å². The molecule has 0 aromatic heterocycles. The van der Waals surface area contributed by atoms with Crippen molar-refractivity contribution in [3.05, 3.63) is 29.6 Å². The number of nitrogens with one attached hydrogen (secondary N) is 2. The number of anilines is 1. The Balaban J connectivity index is 1.99. The van der Waals surface area contributed by atoms with Gasteiger partial charge in [-0.2, -0.15) is 5.10 Å². The van der Waals surface area contributed by atoms with Crippen molar-refractivity contribution >= 4 is 29.2 Å². The summed E-state index contributed by atoms with van der Waals surface area (Å²) < 4.78 is 44.2. The maximum atomic E-state index is 13.5. The van der Waals surface area contributed by atoms with Gasteiger partial charge in [-0.15, -0.1) is 0 Å². The first-order valence-corrected chi connectivity index (χ1v) is 6.80. The second kappa shape index (κ2) is 7.11. The van der Waals surface area contributed by atoms with Crippen LogP contribution in [0.5, 0.6) is 0 Å². The molecule has 7 nitrogen and oxygen atoms in total. The summed E-state index contributed by atoms with van der Waals surface area (Å²) in [4.78, 5) is 34.5. The number of amides is 2. The van der Waals surface area contributed by atoms with Crippen molar-refractivity contribution in [2.45, 2.75) is 25.9 Å². The van der Waals surface area contributed by atoms with Crippen LogP contribution in [0.25, 0.3) is 0 Å². The number of hydrazone groups is 1. The van der Waals surface area contributed by atoms with Gasteiger partial charge in [0.2, 0.25) is 5.91 Å². The SMILES string of the molecule is C[C@@H](OC(=O)C1=NNC(=O)CC1)C(=O)Nc1ccc(F)c(F)c1F. The summed E-state index contributed by atoms with van der Waals surface area (Å²) in [5.41, 5.74) is 1.43. The number of ether oxygens (including phenoxy) is 1. The molecule has 1 aliphatic rings. The van der Waals surface area contributed by atoms with Crippen LogP contribution in [-0.4, -0.2) is 29.6 Å². The Morgan fingerprint density at radius 2 is 1.96 bits per heavy atom. The zero-order chi connectivity index (χ0) is 17.9. The van der Waals surface area contributed by atoms with Crippen molar-refractivity contribution < 1.29 is 32.3 Å². The maximum Gasteiger partial charge on any atom is 0.355 e. The van der Waals surface area contributed by atoms with Gasteiger partial charge in [0.25, 0.3) is 5.91 Å². The molecule has 0 fully saturated rings. The van der Waals surface area contributed by atoms with Gasteiger partial charge in [0.05, 0.1) is 5.69 Å². The Labute approximate surface area is 133 Å². The monoisotopic (exact) mass is 343 g/mol. The first-order chi connectivity index (χ1) is 11.3. The van der Waals surface area contributed by atoms with Gasteiger partial charge in [-0.05, 0) is 19.1 Å². The highest BCUT2D eigenvalue weighted by atomic mass is 19.2. The topological polar surface area (TPSA) is 96.9 Å². The molecule has 0 spiro atoms. The van der Waals surface area contributed by atoms with E-state index in [4.69, 9.17) is 4.74 Å². The molecule has 128 valence electrons. The smallest absolute Gasteiger partial charge is 0.355 e. The molecule has 0 saturated heterocycles. The second-order valence-corrected chi connectivity index (χ2v) is 4.85. The minimum atomic E-state index is -1.73. The summed E-state index contributed by atoms with van der Waals surface area (Å²) in [5.74, 6) is -6.93. The number of rotatable bonds is 4. The molecule has 2 amide bonds. The highest BCUT2D eigenvalue weighted by molar-refractivity contribution is 6.37. The molecule has 0 bridgehead atoms. The van der Waals surface area contributed by atoms with Crippen molar-refractivity contribution in [1.29, 1.82) is 0 Å². The average molecular weight is 343 g/mol. The third kappa shape index (κ3) is 3.89. The normalized spacial score (nSPS) is 15.2. The second-order valence-electron chi connectivity index (χ2n) is 4.85. The lowest BCUT2D eigenvalue weighted by Gasteiger charge is -2.16. The molecule has 24 heavy (non-hydrogen) atoms. The van der Waals surface area contributed by atoms with Crippen molar-refractivity contribution in [2.24, 2.45) is 5.10 Å². The third-order valence-electron chi connectivity index (χ3n) is 3.09. The number of nitrogens with zero attached hydrogens (tertiary/aromatic N) is 1. The predicted octanol–water partition coefficient (Wildman–Crippen LogP) is 1.24. The lowest BCUT2D eigenvalue weighted by atomic mass is 10.2. The molecular weight excluding hydrogens is 331 g/mol. The lowest BCUT2D eigenvalue weighted by Crippen LogP contribution is -2.36. The van der Waals surface area contributed by atoms with Gasteiger partial charge in [-0.1, -0.05) is 0 Å². The van der Waals surface area contributed by atoms with E-state index in [1.54, 1.807) is 0 Å². The minimum absolute atomic E-state index is 0.0502. The van der Waals surface area contributed by atoms with E-state index < -0.39 is 41.1 Å². The molecule has 1 aromatic carbocycles. The number of halogens is 3. The lowest BCUT2D eigenvalue weighted by molar-refractivity contribution is -0.146. The predicted molar refractivity (Wildman–Crippen MR) is 75.3 cm³/mol. The molecule has 10 heteroatoms. The zero-order valence-corrected chi connectivity index (χ0v) is 12.4. The van der Waals surface area contributed by atoms with Crippen molar-refractivity contribution in [3.8, 4) is 0 Å². The zero-order valence-electron chi connectivity index (χ0n) is 12.4. The molecule has 0 aliphatic carbocycles. The molecule has 0 saturated carbocycles. The first kappa shape index (κ1) is 17.4. The number of benzene rings is 1. The van der Waals surface area contributed by atoms with E-state index in [1.165, 1.54) is 6.92 Å². The maximum absolute atomic E-state index is 13.5. The van der Waals surface area contributed by atoms with Gasteiger partial charge >= 0.3 is 5.97 Å². The number of esters is 1. The van der Waals surface area contributed by atoms with Crippen molar-refractivity contribution in [3.63, 3.8) is 0 Å². The minimum Gasteiger partial charge on any atom is -0.448 e. The van der Waals surface area contributed by atoms with Gasteiger partial charge in [-0.3, -0.25) is 9.59 Å². The molecule has 2 N–H and O–H groups in total. The van der Waals surface area contributed by atoms with Crippen molar-refractivity contribution in [1.82, 2.24) is 5.43 Å². The van der Waals surface area contributed by atoms with Gasteiger partial charge in [0.15, 0.2) is 23.6 Å². The van der Waals surface area contributed by atoms with E-state index in [0.29, 0.717) is 6.07 Å². The molecule has 1 heterocycles. The van der Waals surface area contributed by atoms with E-state index in [1.807, 2.05) is 5.32 Å². The van der Waals surface area contributed by atoms with Gasteiger partial charge in [0, 0.05) is 12.8 Å². The fraction of sp³-hybridized carbons (Fsp3) is 0.286. The third-order valence-corrected chi connectivity index (χ3v) is 3.09. The summed E-state index contributed by atoms with van der Waals surface area (Å²) >= 11 is 0. The average Bonchev–Trinajstić information content (AvgIpc) is 2.55. The van der Waals surface area contributed by atoms with Gasteiger partial charge in [-0.25, -0.2) is 23.4 Å². The van der Waals surface area contributed by atoms with E-state index in [0.717, 1.165) is 6.07 Å². The molecule has 0 radical (unpaired) electrons. The van der Waals surface area contributed by atoms with Gasteiger partial charge < -0.3 is 10.1 Å². The summed E-state index contributed by atoms with van der Waals surface area (Å²) in [5, 5.41) is 5.49. The van der Waals surface area contributed by atoms with Crippen LogP contribution in [0.4, 0.5) is 18.9 Å². The van der Waals surface area contributed by atoms with Crippen LogP contribution in [0, 0.1) is 17.5 Å². The number of hydrogen-bond donors (Lipinski definition) is 2. The Morgan fingerprint density at radius 1 is 1.25 bits per heavy atom. The standard InChI is InChI=1S/C14H12F3N3O4/c1-6(24-14(23)9-4-5-10(21)20-19-9)13(22)18-8-3-2-7(15)11(16)12(8)17/h2-3,6H,4-5H2,1H3,(H,18,22)(H,20,21)/t6-/m1/s1. The van der Waals surface area contributed by atoms with Crippen LogP contribution in [0.3, 0.4) is 0 Å². The van der Waals surface area contributed by atoms with Crippen LogP contribution in [0.2, 0.25) is 0 Å². The molecule has 2 rings (SSSR count). The highest BCUT2D eigenvalue weighted by Crippen LogP contribution is 2.20. The van der Waals surface area contributed by atoms with E-state index in [9.17, 15) is 27.6 Å². The van der Waals surface area contributed by atoms with E-state index in [-0.39, 0.29) is 24.5 Å². The summed E-state index contributed by atoms with van der Waals surface area (Å²) in [6.07, 6.45) is -1.25. The molecule has 1 aromatic rings. The van der Waals surface area contributed by atoms with Crippen LogP contribution >= 0.6 is 0 Å². The fourth-order valence-corrected chi connectivity index (χ4v) is 1.76. The quantitative estimate of drug-likeness (QED) is 0.635. The Morgan fingerprint density at radius 3 is 2.58 bits per heavy atom. The number of carbonyl (C=O) groups is 3. The Kier molecular flexibility index (Phi) is 5.17. The Bertz CT molecular complexity index is 736. The number of carbonyl (C=O) groups excluding carboxylic acids is 3. The molecule has 0 unspecified atom stereocenters. The largest absolute Gasteiger partial charge is 0.448 e. The van der Waals surface area contributed by atoms with E-state index >= 15 is 0 Å². The number of hydrogen-bond acceptors (Lipinski definition) is 5. The highest BCUT2D eigenvalue weighted by Gasteiger charge is 2.25. The molecule has 1 aliphatic heterocycles. The first-order valence-electron chi connectivity index (χ1n) is 6.80. The summed E-state index contributed by atoms with van der Waals surface area (Å²) in [6.45, 7) is 1.20. The fourth-order valence-electron chi connectivity index (χ4n) is 1.76. The van der Waals surface area contributed by atoms with Crippen LogP contribution in [0.15, 0.2) is 17.2 Å². The summed E-state index contributed by atoms with van der Waals surface area (Å²) in [6, 6.07) is 1.48. The van der Waals surface area contributed by atoms with Crippen LogP contribution in [-0.2, 0) is 19.1 Å². The molecular formula is C14H12F3N3O4. The Hall–Kier alpha value is -2.91. The van der Waals surface area contributed by atoms with E-state index in [2.05, 4.69) is 10.5 Å².